The fourth-order valence-corrected chi connectivity index (χ4v) is 3.92. The number of thiol groups is 1. The van der Waals surface area contributed by atoms with E-state index in [0.29, 0.717) is 19.9 Å². The van der Waals surface area contributed by atoms with E-state index in [4.69, 9.17) is 0 Å². The van der Waals surface area contributed by atoms with Crippen molar-refractivity contribution in [3.63, 3.8) is 0 Å². The molecule has 0 saturated carbocycles. The van der Waals surface area contributed by atoms with Gasteiger partial charge in [-0.2, -0.15) is 0 Å². The van der Waals surface area contributed by atoms with Crippen LogP contribution in [-0.4, -0.2) is 26.1 Å². The van der Waals surface area contributed by atoms with Gasteiger partial charge < -0.3 is 0 Å². The number of imide groups is 1. The molecule has 0 unspecified atom stereocenters. The van der Waals surface area contributed by atoms with E-state index in [1.165, 1.54) is 0 Å². The summed E-state index contributed by atoms with van der Waals surface area (Å²) in [5.74, 6) is -0.884. The second kappa shape index (κ2) is 6.55. The summed E-state index contributed by atoms with van der Waals surface area (Å²) in [5, 5.41) is 1.28. The molecule has 0 atom stereocenters. The molecule has 2 aromatic heterocycles. The highest BCUT2D eigenvalue weighted by molar-refractivity contribution is 8.08. The molecule has 1 aliphatic heterocycles. The summed E-state index contributed by atoms with van der Waals surface area (Å²) in [6.07, 6.45) is 3.27. The third kappa shape index (κ3) is 3.03. The lowest BCUT2D eigenvalue weighted by Gasteiger charge is -2.04. The maximum Gasteiger partial charge on any atom is 0.278 e. The van der Waals surface area contributed by atoms with Crippen LogP contribution in [0.15, 0.2) is 68.7 Å². The van der Waals surface area contributed by atoms with Gasteiger partial charge >= 0.3 is 0 Å². The Morgan fingerprint density at radius 1 is 0.818 bits per heavy atom. The summed E-state index contributed by atoms with van der Waals surface area (Å²) in [4.78, 5) is 33.4. The van der Waals surface area contributed by atoms with Crippen molar-refractivity contribution < 1.29 is 9.59 Å². The Morgan fingerprint density at radius 2 is 1.27 bits per heavy atom. The molecule has 22 heavy (non-hydrogen) atoms. The normalized spacial score (nSPS) is 14.9. The van der Waals surface area contributed by atoms with Gasteiger partial charge in [0.15, 0.2) is 0 Å². The van der Waals surface area contributed by atoms with Crippen molar-refractivity contribution in [2.45, 2.75) is 10.1 Å². The number of amides is 2. The van der Waals surface area contributed by atoms with Crippen molar-refractivity contribution in [2.75, 3.05) is 0 Å². The van der Waals surface area contributed by atoms with Gasteiger partial charge in [0.2, 0.25) is 0 Å². The zero-order chi connectivity index (χ0) is 15.5. The van der Waals surface area contributed by atoms with Gasteiger partial charge in [0.25, 0.3) is 11.8 Å². The van der Waals surface area contributed by atoms with Crippen LogP contribution in [0.3, 0.4) is 0 Å². The van der Waals surface area contributed by atoms with Gasteiger partial charge in [0.1, 0.15) is 10.1 Å². The van der Waals surface area contributed by atoms with Crippen molar-refractivity contribution in [3.8, 4) is 0 Å². The monoisotopic (exact) mass is 347 g/mol. The Balaban J connectivity index is 1.96. The largest absolute Gasteiger partial charge is 0.278 e. The van der Waals surface area contributed by atoms with Gasteiger partial charge in [0.05, 0.1) is 9.81 Å². The molecule has 0 N–H and O–H groups in total. The first-order valence-electron chi connectivity index (χ1n) is 6.16. The molecular weight excluding hydrogens is 338 g/mol. The number of rotatable bonds is 4. The number of nitrogens with zero attached hydrogens (tertiary/aromatic N) is 3. The molecule has 3 heterocycles. The van der Waals surface area contributed by atoms with Crippen molar-refractivity contribution >= 4 is 48.2 Å². The van der Waals surface area contributed by atoms with E-state index in [2.05, 4.69) is 22.8 Å². The van der Waals surface area contributed by atoms with E-state index in [1.807, 2.05) is 12.1 Å². The van der Waals surface area contributed by atoms with Crippen LogP contribution in [0.4, 0.5) is 0 Å². The maximum atomic E-state index is 12.2. The molecule has 5 nitrogen and oxygen atoms in total. The van der Waals surface area contributed by atoms with Crippen LogP contribution >= 0.6 is 36.3 Å². The van der Waals surface area contributed by atoms with Crippen molar-refractivity contribution in [1.82, 2.24) is 14.3 Å². The van der Waals surface area contributed by atoms with Crippen LogP contribution in [0.25, 0.3) is 0 Å². The summed E-state index contributed by atoms with van der Waals surface area (Å²) in [7, 11) is 0. The fourth-order valence-electron chi connectivity index (χ4n) is 1.68. The van der Waals surface area contributed by atoms with Crippen molar-refractivity contribution in [3.05, 3.63) is 58.6 Å². The number of aromatic nitrogens is 2. The molecule has 0 radical (unpaired) electrons. The predicted molar refractivity (Wildman–Crippen MR) is 88.1 cm³/mol. The van der Waals surface area contributed by atoms with E-state index >= 15 is 0 Å². The number of carbonyl (C=O) groups excluding carboxylic acids is 2. The summed E-state index contributed by atoms with van der Waals surface area (Å²) < 4.78 is 0.816. The molecule has 3 rings (SSSR count). The van der Waals surface area contributed by atoms with Crippen LogP contribution in [0.2, 0.25) is 0 Å². The van der Waals surface area contributed by atoms with Crippen LogP contribution in [0.1, 0.15) is 0 Å². The molecule has 0 saturated heterocycles. The third-order valence-corrected chi connectivity index (χ3v) is 5.23. The fraction of sp³-hybridized carbons (Fsp3) is 0. The molecule has 0 spiro atoms. The van der Waals surface area contributed by atoms with Gasteiger partial charge in [-0.15, -0.1) is 0 Å². The summed E-state index contributed by atoms with van der Waals surface area (Å²) in [6, 6.07) is 10.8. The van der Waals surface area contributed by atoms with E-state index < -0.39 is 11.8 Å². The highest BCUT2D eigenvalue weighted by atomic mass is 32.2. The first kappa shape index (κ1) is 15.1. The molecule has 110 valence electrons. The van der Waals surface area contributed by atoms with Crippen LogP contribution in [0, 0.1) is 0 Å². The highest BCUT2D eigenvalue weighted by Gasteiger charge is 2.38. The lowest BCUT2D eigenvalue weighted by Crippen LogP contribution is -2.20. The first-order valence-corrected chi connectivity index (χ1v) is 8.20. The summed E-state index contributed by atoms with van der Waals surface area (Å²) in [5.41, 5.74) is 0. The Labute approximate surface area is 140 Å². The third-order valence-electron chi connectivity index (χ3n) is 2.67. The lowest BCUT2D eigenvalue weighted by molar-refractivity contribution is -0.130. The molecule has 2 amide bonds. The maximum absolute atomic E-state index is 12.2. The molecule has 1 aliphatic rings. The predicted octanol–water partition coefficient (Wildman–Crippen LogP) is 2.79. The Hall–Kier alpha value is -1.77. The van der Waals surface area contributed by atoms with Crippen molar-refractivity contribution in [2.24, 2.45) is 0 Å². The van der Waals surface area contributed by atoms with E-state index in [1.54, 1.807) is 36.7 Å². The Bertz CT molecular complexity index is 687. The number of hydrogen-bond donors (Lipinski definition) is 1. The second-order valence-corrected chi connectivity index (χ2v) is 6.58. The Kier molecular flexibility index (Phi) is 4.51. The van der Waals surface area contributed by atoms with Gasteiger partial charge in [-0.05, 0) is 24.3 Å². The van der Waals surface area contributed by atoms with E-state index in [0.717, 1.165) is 27.8 Å². The van der Waals surface area contributed by atoms with Gasteiger partial charge in [-0.1, -0.05) is 48.5 Å². The zero-order valence-corrected chi connectivity index (χ0v) is 13.6. The molecular formula is C14H9N3O2S3. The first-order chi connectivity index (χ1) is 10.7. The van der Waals surface area contributed by atoms with Crippen LogP contribution in [0.5, 0.6) is 0 Å². The molecule has 8 heteroatoms. The minimum atomic E-state index is -0.442. The van der Waals surface area contributed by atoms with Gasteiger partial charge in [0, 0.05) is 12.4 Å². The van der Waals surface area contributed by atoms with Gasteiger partial charge in [-0.3, -0.25) is 9.59 Å². The average molecular weight is 347 g/mol. The highest BCUT2D eigenvalue weighted by Crippen LogP contribution is 2.41. The van der Waals surface area contributed by atoms with Crippen LogP contribution in [-0.2, 0) is 9.59 Å². The summed E-state index contributed by atoms with van der Waals surface area (Å²) >= 11 is 6.27. The summed E-state index contributed by atoms with van der Waals surface area (Å²) in [6.45, 7) is 0. The second-order valence-electron chi connectivity index (χ2n) is 4.12. The standard InChI is InChI=1S/C14H9N3O2S3/c18-13-11(21-9-5-1-3-7-15-9)12(14(19)17(13)20)22-10-6-2-4-8-16-10/h1-8,20H. The van der Waals surface area contributed by atoms with Gasteiger partial charge in [-0.25, -0.2) is 14.3 Å². The molecule has 2 aromatic rings. The SMILES string of the molecule is O=C1C(Sc2ccccn2)=C(Sc2ccccn2)C(=O)N1S. The van der Waals surface area contributed by atoms with E-state index in [9.17, 15) is 9.59 Å². The molecule has 0 aliphatic carbocycles. The quantitative estimate of drug-likeness (QED) is 0.678. The number of pyridine rings is 2. The molecule has 0 aromatic carbocycles. The lowest BCUT2D eigenvalue weighted by atomic mass is 10.5. The minimum absolute atomic E-state index is 0.314. The number of carbonyl (C=O) groups is 2. The van der Waals surface area contributed by atoms with Crippen molar-refractivity contribution in [1.29, 1.82) is 0 Å². The molecule has 0 fully saturated rings. The Morgan fingerprint density at radius 3 is 1.64 bits per heavy atom. The zero-order valence-electron chi connectivity index (χ0n) is 11.0. The average Bonchev–Trinajstić information content (AvgIpc) is 2.75. The minimum Gasteiger partial charge on any atom is -0.267 e. The number of hydrogen-bond acceptors (Lipinski definition) is 7. The smallest absolute Gasteiger partial charge is 0.267 e. The molecule has 0 bridgehead atoms. The van der Waals surface area contributed by atoms with E-state index in [-0.39, 0.29) is 0 Å². The van der Waals surface area contributed by atoms with Crippen LogP contribution < -0.4 is 0 Å². The number of thioether (sulfide) groups is 2. The topological polar surface area (TPSA) is 63.2 Å².